The number of rotatable bonds is 7. The fraction of sp³-hybridized carbons (Fsp3) is 0.182. The third kappa shape index (κ3) is 5.62. The lowest BCUT2D eigenvalue weighted by molar-refractivity contribution is -0.136. The number of hydrogen-bond acceptors (Lipinski definition) is 5. The largest absolute Gasteiger partial charge is 0.481 e. The summed E-state index contributed by atoms with van der Waals surface area (Å²) in [7, 11) is 0. The second-order valence-corrected chi connectivity index (χ2v) is 6.88. The number of carboxylic acids is 1. The molecule has 0 bridgehead atoms. The van der Waals surface area contributed by atoms with Crippen LogP contribution in [-0.4, -0.2) is 27.0 Å². The van der Waals surface area contributed by atoms with Crippen molar-refractivity contribution in [2.45, 2.75) is 20.3 Å². The monoisotopic (exact) mass is 390 g/mol. The van der Waals surface area contributed by atoms with Crippen molar-refractivity contribution in [2.75, 3.05) is 10.6 Å². The SMILES string of the molecule is CC(C)C(=O)Nc1ccc(-c2ccnc(Nc3ccc(CC(=O)O)cc3)n2)cc1. The Morgan fingerprint density at radius 3 is 2.24 bits per heavy atom. The van der Waals surface area contributed by atoms with Crippen LogP contribution in [0.5, 0.6) is 0 Å². The summed E-state index contributed by atoms with van der Waals surface area (Å²) < 4.78 is 0. The molecule has 0 aliphatic rings. The minimum atomic E-state index is -0.864. The third-order valence-corrected chi connectivity index (χ3v) is 4.19. The van der Waals surface area contributed by atoms with Gasteiger partial charge in [0.2, 0.25) is 11.9 Å². The highest BCUT2D eigenvalue weighted by molar-refractivity contribution is 5.92. The second kappa shape index (κ2) is 8.97. The standard InChI is InChI=1S/C22H22N4O3/c1-14(2)21(29)24-17-9-5-16(6-10-17)19-11-12-23-22(26-19)25-18-7-3-15(4-8-18)13-20(27)28/h3-12,14H,13H2,1-2H3,(H,24,29)(H,27,28)(H,23,25,26). The number of anilines is 3. The zero-order valence-corrected chi connectivity index (χ0v) is 16.2. The number of aliphatic carboxylic acids is 1. The van der Waals surface area contributed by atoms with Gasteiger partial charge in [0.1, 0.15) is 0 Å². The topological polar surface area (TPSA) is 104 Å². The van der Waals surface area contributed by atoms with Gasteiger partial charge in [-0.2, -0.15) is 0 Å². The van der Waals surface area contributed by atoms with Crippen LogP contribution in [0.15, 0.2) is 60.8 Å². The van der Waals surface area contributed by atoms with E-state index in [4.69, 9.17) is 5.11 Å². The number of carbonyl (C=O) groups is 2. The van der Waals surface area contributed by atoms with E-state index in [-0.39, 0.29) is 18.2 Å². The van der Waals surface area contributed by atoms with Gasteiger partial charge in [0.15, 0.2) is 0 Å². The van der Waals surface area contributed by atoms with Gasteiger partial charge in [-0.25, -0.2) is 9.97 Å². The smallest absolute Gasteiger partial charge is 0.307 e. The van der Waals surface area contributed by atoms with Crippen molar-refractivity contribution < 1.29 is 14.7 Å². The molecule has 2 aromatic carbocycles. The number of hydrogen-bond donors (Lipinski definition) is 3. The van der Waals surface area contributed by atoms with E-state index in [2.05, 4.69) is 20.6 Å². The van der Waals surface area contributed by atoms with E-state index in [1.54, 1.807) is 30.5 Å². The number of nitrogens with zero attached hydrogens (tertiary/aromatic N) is 2. The van der Waals surface area contributed by atoms with Gasteiger partial charge in [-0.1, -0.05) is 38.1 Å². The molecule has 29 heavy (non-hydrogen) atoms. The van der Waals surface area contributed by atoms with Crippen molar-refractivity contribution in [1.29, 1.82) is 0 Å². The van der Waals surface area contributed by atoms with Crippen molar-refractivity contribution in [1.82, 2.24) is 9.97 Å². The molecule has 3 rings (SSSR count). The molecule has 0 saturated carbocycles. The molecule has 148 valence electrons. The fourth-order valence-electron chi connectivity index (χ4n) is 2.60. The van der Waals surface area contributed by atoms with Crippen molar-refractivity contribution in [3.8, 4) is 11.3 Å². The minimum absolute atomic E-state index is 0.0140. The lowest BCUT2D eigenvalue weighted by Crippen LogP contribution is -2.17. The zero-order chi connectivity index (χ0) is 20.8. The summed E-state index contributed by atoms with van der Waals surface area (Å²) in [5, 5.41) is 14.8. The van der Waals surface area contributed by atoms with E-state index in [0.717, 1.165) is 28.2 Å². The first-order valence-electron chi connectivity index (χ1n) is 9.23. The van der Waals surface area contributed by atoms with E-state index in [1.165, 1.54) is 0 Å². The molecule has 0 aliphatic heterocycles. The predicted octanol–water partition coefficient (Wildman–Crippen LogP) is 4.11. The van der Waals surface area contributed by atoms with Crippen LogP contribution >= 0.6 is 0 Å². The quantitative estimate of drug-likeness (QED) is 0.561. The molecule has 0 atom stereocenters. The number of carbonyl (C=O) groups excluding carboxylic acids is 1. The maximum Gasteiger partial charge on any atom is 0.307 e. The molecule has 7 heteroatoms. The first kappa shape index (κ1) is 20.0. The number of aromatic nitrogens is 2. The van der Waals surface area contributed by atoms with Crippen LogP contribution in [0.25, 0.3) is 11.3 Å². The van der Waals surface area contributed by atoms with E-state index >= 15 is 0 Å². The zero-order valence-electron chi connectivity index (χ0n) is 16.2. The highest BCUT2D eigenvalue weighted by Crippen LogP contribution is 2.22. The van der Waals surface area contributed by atoms with Gasteiger partial charge in [0, 0.05) is 29.1 Å². The summed E-state index contributed by atoms with van der Waals surface area (Å²) in [5.74, 6) is -0.536. The van der Waals surface area contributed by atoms with Gasteiger partial charge >= 0.3 is 5.97 Å². The molecule has 0 aliphatic carbocycles. The number of carboxylic acid groups (broad SMARTS) is 1. The normalized spacial score (nSPS) is 10.6. The second-order valence-electron chi connectivity index (χ2n) is 6.88. The van der Waals surface area contributed by atoms with Gasteiger partial charge in [-0.15, -0.1) is 0 Å². The molecule has 0 spiro atoms. The average molecular weight is 390 g/mol. The van der Waals surface area contributed by atoms with E-state index < -0.39 is 5.97 Å². The van der Waals surface area contributed by atoms with E-state index in [1.807, 2.05) is 44.2 Å². The van der Waals surface area contributed by atoms with Crippen molar-refractivity contribution >= 4 is 29.2 Å². The van der Waals surface area contributed by atoms with Gasteiger partial charge in [0.05, 0.1) is 12.1 Å². The van der Waals surface area contributed by atoms with Crippen molar-refractivity contribution in [3.05, 3.63) is 66.4 Å². The summed E-state index contributed by atoms with van der Waals surface area (Å²) in [6.07, 6.45) is 1.65. The van der Waals surface area contributed by atoms with Gasteiger partial charge in [-0.05, 0) is 35.9 Å². The van der Waals surface area contributed by atoms with Crippen LogP contribution in [0.1, 0.15) is 19.4 Å². The molecular formula is C22H22N4O3. The Morgan fingerprint density at radius 1 is 0.966 bits per heavy atom. The van der Waals surface area contributed by atoms with Gasteiger partial charge in [-0.3, -0.25) is 9.59 Å². The Labute approximate surface area is 168 Å². The van der Waals surface area contributed by atoms with Gasteiger partial charge < -0.3 is 15.7 Å². The molecule has 7 nitrogen and oxygen atoms in total. The van der Waals surface area contributed by atoms with Crippen LogP contribution in [0, 0.1) is 5.92 Å². The van der Waals surface area contributed by atoms with Crippen LogP contribution in [0.4, 0.5) is 17.3 Å². The lowest BCUT2D eigenvalue weighted by atomic mass is 10.1. The van der Waals surface area contributed by atoms with Gasteiger partial charge in [0.25, 0.3) is 0 Å². The van der Waals surface area contributed by atoms with Crippen molar-refractivity contribution in [2.24, 2.45) is 5.92 Å². The predicted molar refractivity (Wildman–Crippen MR) is 112 cm³/mol. The number of benzene rings is 2. The number of amides is 1. The fourth-order valence-corrected chi connectivity index (χ4v) is 2.60. The first-order valence-corrected chi connectivity index (χ1v) is 9.23. The van der Waals surface area contributed by atoms with Crippen LogP contribution < -0.4 is 10.6 Å². The molecule has 1 aromatic heterocycles. The van der Waals surface area contributed by atoms with E-state index in [0.29, 0.717) is 5.95 Å². The molecule has 0 radical (unpaired) electrons. The van der Waals surface area contributed by atoms with Crippen LogP contribution in [-0.2, 0) is 16.0 Å². The Hall–Kier alpha value is -3.74. The molecule has 1 amide bonds. The minimum Gasteiger partial charge on any atom is -0.481 e. The Balaban J connectivity index is 1.70. The third-order valence-electron chi connectivity index (χ3n) is 4.19. The molecule has 0 unspecified atom stereocenters. The highest BCUT2D eigenvalue weighted by Gasteiger charge is 2.08. The molecule has 0 fully saturated rings. The molecule has 3 aromatic rings. The molecule has 3 N–H and O–H groups in total. The Morgan fingerprint density at radius 2 is 1.62 bits per heavy atom. The summed E-state index contributed by atoms with van der Waals surface area (Å²) in [6.45, 7) is 3.69. The maximum atomic E-state index is 11.8. The summed E-state index contributed by atoms with van der Waals surface area (Å²) in [5.41, 5.74) is 3.87. The summed E-state index contributed by atoms with van der Waals surface area (Å²) >= 11 is 0. The van der Waals surface area contributed by atoms with Crippen LogP contribution in [0.2, 0.25) is 0 Å². The first-order chi connectivity index (χ1) is 13.9. The molecule has 0 saturated heterocycles. The van der Waals surface area contributed by atoms with E-state index in [9.17, 15) is 9.59 Å². The number of nitrogens with one attached hydrogen (secondary N) is 2. The summed E-state index contributed by atoms with van der Waals surface area (Å²) in [4.78, 5) is 31.3. The molecular weight excluding hydrogens is 368 g/mol. The van der Waals surface area contributed by atoms with Crippen molar-refractivity contribution in [3.63, 3.8) is 0 Å². The Bertz CT molecular complexity index is 999. The maximum absolute atomic E-state index is 11.8. The Kier molecular flexibility index (Phi) is 6.19. The molecule has 1 heterocycles. The van der Waals surface area contributed by atoms with Crippen LogP contribution in [0.3, 0.4) is 0 Å². The lowest BCUT2D eigenvalue weighted by Gasteiger charge is -2.09. The summed E-state index contributed by atoms with van der Waals surface area (Å²) in [6, 6.07) is 16.4. The average Bonchev–Trinajstić information content (AvgIpc) is 2.70. The highest BCUT2D eigenvalue weighted by atomic mass is 16.4.